The van der Waals surface area contributed by atoms with E-state index in [-0.39, 0.29) is 5.91 Å². The second-order valence-corrected chi connectivity index (χ2v) is 6.66. The van der Waals surface area contributed by atoms with Gasteiger partial charge >= 0.3 is 0 Å². The quantitative estimate of drug-likeness (QED) is 0.588. The van der Waals surface area contributed by atoms with Crippen LogP contribution in [0.3, 0.4) is 0 Å². The van der Waals surface area contributed by atoms with E-state index in [2.05, 4.69) is 25.3 Å². The largest absolute Gasteiger partial charge is 0.352 e. The molecule has 0 aliphatic carbocycles. The second-order valence-electron chi connectivity index (χ2n) is 5.81. The molecule has 0 radical (unpaired) electrons. The minimum atomic E-state index is -0.109. The van der Waals surface area contributed by atoms with Crippen molar-refractivity contribution in [1.29, 1.82) is 0 Å². The Balaban J connectivity index is 1.36. The normalized spacial score (nSPS) is 11.0. The number of carbonyl (C=O) groups is 1. The van der Waals surface area contributed by atoms with Gasteiger partial charge in [0.2, 0.25) is 0 Å². The first-order valence-corrected chi connectivity index (χ1v) is 9.01. The molecular weight excluding hydrogens is 348 g/mol. The van der Waals surface area contributed by atoms with Gasteiger partial charge in [-0.1, -0.05) is 0 Å². The molecule has 130 valence electrons. The zero-order chi connectivity index (χ0) is 17.9. The number of imidazole rings is 1. The van der Waals surface area contributed by atoms with Gasteiger partial charge in [0.15, 0.2) is 0 Å². The molecule has 0 bridgehead atoms. The molecule has 1 amide bonds. The van der Waals surface area contributed by atoms with E-state index in [1.54, 1.807) is 30.9 Å². The molecular formula is C18H16N6OS. The number of fused-ring (bicyclic) bond motifs is 1. The van der Waals surface area contributed by atoms with Crippen molar-refractivity contribution in [3.05, 3.63) is 65.4 Å². The first-order valence-electron chi connectivity index (χ1n) is 8.13. The van der Waals surface area contributed by atoms with Gasteiger partial charge in [0.1, 0.15) is 16.3 Å². The molecule has 4 heterocycles. The lowest BCUT2D eigenvalue weighted by Gasteiger charge is -2.04. The number of amides is 1. The van der Waals surface area contributed by atoms with Crippen LogP contribution < -0.4 is 5.32 Å². The van der Waals surface area contributed by atoms with Crippen molar-refractivity contribution in [2.75, 3.05) is 6.54 Å². The molecule has 26 heavy (non-hydrogen) atoms. The maximum absolute atomic E-state index is 12.3. The summed E-state index contributed by atoms with van der Waals surface area (Å²) >= 11 is 1.52. The number of rotatable bonds is 5. The molecule has 0 spiro atoms. The highest BCUT2D eigenvalue weighted by Gasteiger charge is 2.09. The highest BCUT2D eigenvalue weighted by molar-refractivity contribution is 7.13. The van der Waals surface area contributed by atoms with Crippen LogP contribution in [0.5, 0.6) is 0 Å². The molecule has 0 fully saturated rings. The topological polar surface area (TPSA) is 85.1 Å². The van der Waals surface area contributed by atoms with E-state index >= 15 is 0 Å². The third-order valence-corrected chi connectivity index (χ3v) is 4.75. The van der Waals surface area contributed by atoms with Gasteiger partial charge in [-0.3, -0.25) is 14.8 Å². The third kappa shape index (κ3) is 3.45. The van der Waals surface area contributed by atoms with Crippen LogP contribution in [0.15, 0.2) is 48.5 Å². The fourth-order valence-electron chi connectivity index (χ4n) is 2.61. The monoisotopic (exact) mass is 364 g/mol. The van der Waals surface area contributed by atoms with Crippen LogP contribution in [0.2, 0.25) is 0 Å². The lowest BCUT2D eigenvalue weighted by molar-refractivity contribution is 0.0953. The molecule has 0 aliphatic heterocycles. The van der Waals surface area contributed by atoms with E-state index in [9.17, 15) is 4.79 Å². The highest BCUT2D eigenvalue weighted by Crippen LogP contribution is 2.20. The zero-order valence-corrected chi connectivity index (χ0v) is 14.9. The summed E-state index contributed by atoms with van der Waals surface area (Å²) in [7, 11) is 0. The van der Waals surface area contributed by atoms with Crippen molar-refractivity contribution < 1.29 is 4.79 Å². The Kier molecular flexibility index (Phi) is 4.40. The summed E-state index contributed by atoms with van der Waals surface area (Å²) in [6.07, 6.45) is 9.33. The summed E-state index contributed by atoms with van der Waals surface area (Å²) in [5.41, 5.74) is 4.05. The number of nitrogens with zero attached hydrogens (tertiary/aromatic N) is 5. The standard InChI is InChI=1S/C18H16N6OS/c1-12-9-24-10-13(2-3-16(24)22-12)17(25)21-5-4-14-11-26-18(23-14)15-8-19-6-7-20-15/h2-3,6-11H,4-5H2,1H3,(H,21,25). The fraction of sp³-hybridized carbons (Fsp3) is 0.167. The van der Waals surface area contributed by atoms with Gasteiger partial charge in [-0.2, -0.15) is 0 Å². The van der Waals surface area contributed by atoms with E-state index in [0.29, 0.717) is 18.5 Å². The Morgan fingerprint density at radius 1 is 1.23 bits per heavy atom. The zero-order valence-electron chi connectivity index (χ0n) is 14.1. The molecule has 4 rings (SSSR count). The molecule has 4 aromatic rings. The highest BCUT2D eigenvalue weighted by atomic mass is 32.1. The number of carbonyl (C=O) groups excluding carboxylic acids is 1. The molecule has 0 aromatic carbocycles. The third-order valence-electron chi connectivity index (χ3n) is 3.83. The van der Waals surface area contributed by atoms with Crippen molar-refractivity contribution in [3.63, 3.8) is 0 Å². The second kappa shape index (κ2) is 7.01. The molecule has 7 nitrogen and oxygen atoms in total. The van der Waals surface area contributed by atoms with Gasteiger partial charge in [0.25, 0.3) is 5.91 Å². The maximum atomic E-state index is 12.3. The molecule has 0 atom stereocenters. The van der Waals surface area contributed by atoms with E-state index in [0.717, 1.165) is 27.7 Å². The van der Waals surface area contributed by atoms with Crippen LogP contribution in [0.1, 0.15) is 21.7 Å². The number of aryl methyl sites for hydroxylation is 1. The maximum Gasteiger partial charge on any atom is 0.252 e. The Morgan fingerprint density at radius 2 is 2.15 bits per heavy atom. The molecule has 8 heteroatoms. The summed E-state index contributed by atoms with van der Waals surface area (Å²) in [5.74, 6) is -0.109. The average Bonchev–Trinajstić information content (AvgIpc) is 3.27. The number of hydrogen-bond donors (Lipinski definition) is 1. The van der Waals surface area contributed by atoms with Gasteiger partial charge in [-0.15, -0.1) is 11.3 Å². The predicted molar refractivity (Wildman–Crippen MR) is 99.1 cm³/mol. The van der Waals surface area contributed by atoms with E-state index < -0.39 is 0 Å². The molecule has 1 N–H and O–H groups in total. The fourth-order valence-corrected chi connectivity index (χ4v) is 3.42. The summed E-state index contributed by atoms with van der Waals surface area (Å²) in [6.45, 7) is 2.44. The van der Waals surface area contributed by atoms with Gasteiger partial charge < -0.3 is 9.72 Å². The molecule has 0 saturated heterocycles. The number of aromatic nitrogens is 5. The number of nitrogens with one attached hydrogen (secondary N) is 1. The Labute approximate surface area is 153 Å². The Bertz CT molecular complexity index is 1060. The molecule has 0 saturated carbocycles. The van der Waals surface area contributed by atoms with Crippen LogP contribution in [0.4, 0.5) is 0 Å². The van der Waals surface area contributed by atoms with Crippen LogP contribution in [-0.2, 0) is 6.42 Å². The summed E-state index contributed by atoms with van der Waals surface area (Å²) in [6, 6.07) is 3.63. The smallest absolute Gasteiger partial charge is 0.252 e. The number of thiazole rings is 1. The van der Waals surface area contributed by atoms with Crippen molar-refractivity contribution in [2.24, 2.45) is 0 Å². The minimum Gasteiger partial charge on any atom is -0.352 e. The first-order chi connectivity index (χ1) is 12.7. The van der Waals surface area contributed by atoms with Crippen LogP contribution in [0.25, 0.3) is 16.3 Å². The average molecular weight is 364 g/mol. The lowest BCUT2D eigenvalue weighted by atomic mass is 10.2. The van der Waals surface area contributed by atoms with Crippen molar-refractivity contribution in [2.45, 2.75) is 13.3 Å². The SMILES string of the molecule is Cc1cn2cc(C(=O)NCCc3csc(-c4cnccn4)n3)ccc2n1. The minimum absolute atomic E-state index is 0.109. The number of hydrogen-bond acceptors (Lipinski definition) is 6. The van der Waals surface area contributed by atoms with Crippen molar-refractivity contribution in [3.8, 4) is 10.7 Å². The Hall–Kier alpha value is -3.13. The molecule has 0 unspecified atom stereocenters. The summed E-state index contributed by atoms with van der Waals surface area (Å²) < 4.78 is 1.86. The first kappa shape index (κ1) is 16.3. The van der Waals surface area contributed by atoms with Gasteiger partial charge in [0, 0.05) is 43.1 Å². The van der Waals surface area contributed by atoms with Crippen LogP contribution in [-0.4, -0.2) is 36.8 Å². The molecule has 4 aromatic heterocycles. The van der Waals surface area contributed by atoms with E-state index in [4.69, 9.17) is 0 Å². The van der Waals surface area contributed by atoms with E-state index in [1.807, 2.05) is 29.0 Å². The van der Waals surface area contributed by atoms with Gasteiger partial charge in [-0.05, 0) is 19.1 Å². The Morgan fingerprint density at radius 3 is 3.00 bits per heavy atom. The number of pyridine rings is 1. The summed E-state index contributed by atoms with van der Waals surface area (Å²) in [5, 5.41) is 5.75. The molecule has 0 aliphatic rings. The lowest BCUT2D eigenvalue weighted by Crippen LogP contribution is -2.26. The van der Waals surface area contributed by atoms with Crippen molar-refractivity contribution in [1.82, 2.24) is 29.7 Å². The predicted octanol–water partition coefficient (Wildman–Crippen LogP) is 2.53. The van der Waals surface area contributed by atoms with Gasteiger partial charge in [-0.25, -0.2) is 9.97 Å². The van der Waals surface area contributed by atoms with Crippen molar-refractivity contribution >= 4 is 22.9 Å². The summed E-state index contributed by atoms with van der Waals surface area (Å²) in [4.78, 5) is 29.5. The van der Waals surface area contributed by atoms with E-state index in [1.165, 1.54) is 11.3 Å². The van der Waals surface area contributed by atoms with Gasteiger partial charge in [0.05, 0.1) is 23.1 Å². The van der Waals surface area contributed by atoms with Crippen LogP contribution >= 0.6 is 11.3 Å². The van der Waals surface area contributed by atoms with Crippen LogP contribution in [0, 0.1) is 6.92 Å².